The SMILES string of the molecule is CCN(CC)C(=O)c1ccc(N(c2ccccc2)C2CN3CCC2CC3)cc1. The van der Waals surface area contributed by atoms with E-state index in [1.807, 2.05) is 30.9 Å². The molecule has 3 aliphatic heterocycles. The Morgan fingerprint density at radius 3 is 2.07 bits per heavy atom. The lowest BCUT2D eigenvalue weighted by Crippen LogP contribution is -2.56. The predicted molar refractivity (Wildman–Crippen MR) is 115 cm³/mol. The average Bonchev–Trinajstić information content (AvgIpc) is 2.77. The van der Waals surface area contributed by atoms with Crippen molar-refractivity contribution in [3.05, 3.63) is 60.2 Å². The Morgan fingerprint density at radius 1 is 0.929 bits per heavy atom. The van der Waals surface area contributed by atoms with Crippen molar-refractivity contribution in [3.63, 3.8) is 0 Å². The van der Waals surface area contributed by atoms with E-state index in [4.69, 9.17) is 0 Å². The van der Waals surface area contributed by atoms with Crippen molar-refractivity contribution in [3.8, 4) is 0 Å². The normalized spacial score (nSPS) is 23.4. The van der Waals surface area contributed by atoms with Crippen molar-refractivity contribution in [2.45, 2.75) is 32.7 Å². The van der Waals surface area contributed by atoms with Crippen LogP contribution in [0.2, 0.25) is 0 Å². The van der Waals surface area contributed by atoms with Gasteiger partial charge in [-0.3, -0.25) is 4.79 Å². The van der Waals surface area contributed by atoms with Gasteiger partial charge in [0.25, 0.3) is 5.91 Å². The van der Waals surface area contributed by atoms with E-state index in [2.05, 4.69) is 52.3 Å². The Kier molecular flexibility index (Phi) is 5.67. The van der Waals surface area contributed by atoms with Crippen LogP contribution in [0, 0.1) is 5.92 Å². The molecule has 3 heterocycles. The second-order valence-electron chi connectivity index (χ2n) is 7.94. The zero-order chi connectivity index (χ0) is 19.5. The van der Waals surface area contributed by atoms with Gasteiger partial charge in [0.05, 0.1) is 0 Å². The van der Waals surface area contributed by atoms with E-state index in [1.165, 1.54) is 37.3 Å². The lowest BCUT2D eigenvalue weighted by Gasteiger charge is -2.49. The molecule has 28 heavy (non-hydrogen) atoms. The largest absolute Gasteiger partial charge is 0.339 e. The van der Waals surface area contributed by atoms with Gasteiger partial charge in [0.1, 0.15) is 0 Å². The molecule has 0 radical (unpaired) electrons. The van der Waals surface area contributed by atoms with E-state index in [-0.39, 0.29) is 5.91 Å². The smallest absolute Gasteiger partial charge is 0.253 e. The quantitative estimate of drug-likeness (QED) is 0.746. The van der Waals surface area contributed by atoms with Crippen LogP contribution < -0.4 is 4.90 Å². The number of anilines is 2. The van der Waals surface area contributed by atoms with E-state index in [1.54, 1.807) is 0 Å². The van der Waals surface area contributed by atoms with E-state index >= 15 is 0 Å². The van der Waals surface area contributed by atoms with Crippen LogP contribution >= 0.6 is 0 Å². The van der Waals surface area contributed by atoms with Crippen LogP contribution in [0.4, 0.5) is 11.4 Å². The Labute approximate surface area is 168 Å². The maximum absolute atomic E-state index is 12.7. The van der Waals surface area contributed by atoms with Crippen LogP contribution in [0.15, 0.2) is 54.6 Å². The van der Waals surface area contributed by atoms with Gasteiger partial charge >= 0.3 is 0 Å². The molecule has 0 N–H and O–H groups in total. The first kappa shape index (κ1) is 19.0. The monoisotopic (exact) mass is 377 g/mol. The van der Waals surface area contributed by atoms with Gasteiger partial charge in [0.15, 0.2) is 0 Å². The summed E-state index contributed by atoms with van der Waals surface area (Å²) in [6.07, 6.45) is 2.57. The summed E-state index contributed by atoms with van der Waals surface area (Å²) in [5.74, 6) is 0.854. The number of carbonyl (C=O) groups excluding carboxylic acids is 1. The van der Waals surface area contributed by atoms with Crippen LogP contribution in [0.5, 0.6) is 0 Å². The van der Waals surface area contributed by atoms with Crippen molar-refractivity contribution in [1.82, 2.24) is 9.80 Å². The highest BCUT2D eigenvalue weighted by Gasteiger charge is 2.38. The van der Waals surface area contributed by atoms with E-state index < -0.39 is 0 Å². The van der Waals surface area contributed by atoms with Crippen LogP contribution in [0.3, 0.4) is 0 Å². The second kappa shape index (κ2) is 8.36. The highest BCUT2D eigenvalue weighted by molar-refractivity contribution is 5.94. The highest BCUT2D eigenvalue weighted by atomic mass is 16.2. The number of benzene rings is 2. The standard InChI is InChI=1S/C24H31N3O/c1-3-26(4-2)24(28)20-10-12-22(13-11-20)27(21-8-6-5-7-9-21)23-18-25-16-14-19(23)15-17-25/h5-13,19,23H,3-4,14-18H2,1-2H3. The summed E-state index contributed by atoms with van der Waals surface area (Å²) < 4.78 is 0. The number of hydrogen-bond donors (Lipinski definition) is 0. The summed E-state index contributed by atoms with van der Waals surface area (Å²) in [6.45, 7) is 9.14. The number of rotatable bonds is 6. The van der Waals surface area contributed by atoms with Crippen molar-refractivity contribution in [1.29, 1.82) is 0 Å². The average molecular weight is 378 g/mol. The van der Waals surface area contributed by atoms with Crippen LogP contribution in [-0.2, 0) is 0 Å². The van der Waals surface area contributed by atoms with Crippen molar-refractivity contribution < 1.29 is 4.79 Å². The molecule has 2 aromatic rings. The molecular formula is C24H31N3O. The van der Waals surface area contributed by atoms with Gasteiger partial charge in [-0.15, -0.1) is 0 Å². The molecule has 3 aliphatic rings. The first-order valence-electron chi connectivity index (χ1n) is 10.7. The molecule has 0 saturated carbocycles. The molecule has 1 amide bonds. The van der Waals surface area contributed by atoms with Gasteiger partial charge in [-0.2, -0.15) is 0 Å². The van der Waals surface area contributed by atoms with Gasteiger partial charge in [0, 0.05) is 42.6 Å². The molecule has 148 valence electrons. The summed E-state index contributed by atoms with van der Waals surface area (Å²) in [4.78, 5) is 19.6. The molecule has 3 fully saturated rings. The zero-order valence-corrected chi connectivity index (χ0v) is 17.1. The van der Waals surface area contributed by atoms with Crippen molar-refractivity contribution in [2.75, 3.05) is 37.6 Å². The number of piperidine rings is 3. The van der Waals surface area contributed by atoms with E-state index in [9.17, 15) is 4.79 Å². The van der Waals surface area contributed by atoms with Gasteiger partial charge < -0.3 is 14.7 Å². The van der Waals surface area contributed by atoms with Gasteiger partial charge in [0.2, 0.25) is 0 Å². The summed E-state index contributed by atoms with van der Waals surface area (Å²) in [5.41, 5.74) is 3.19. The third-order valence-corrected chi connectivity index (χ3v) is 6.43. The van der Waals surface area contributed by atoms with Gasteiger partial charge in [-0.1, -0.05) is 18.2 Å². The third kappa shape index (κ3) is 3.66. The Bertz CT molecular complexity index is 777. The van der Waals surface area contributed by atoms with Gasteiger partial charge in [-0.25, -0.2) is 0 Å². The lowest BCUT2D eigenvalue weighted by molar-refractivity contribution is 0.0773. The summed E-state index contributed by atoms with van der Waals surface area (Å²) >= 11 is 0. The molecule has 4 nitrogen and oxygen atoms in total. The number of carbonyl (C=O) groups is 1. The molecule has 1 unspecified atom stereocenters. The Hall–Kier alpha value is -2.33. The fraction of sp³-hybridized carbons (Fsp3) is 0.458. The number of nitrogens with zero attached hydrogens (tertiary/aromatic N) is 3. The van der Waals surface area contributed by atoms with Crippen LogP contribution in [0.25, 0.3) is 0 Å². The third-order valence-electron chi connectivity index (χ3n) is 6.43. The molecule has 2 bridgehead atoms. The first-order chi connectivity index (χ1) is 13.7. The fourth-order valence-corrected chi connectivity index (χ4v) is 4.80. The molecule has 5 rings (SSSR count). The lowest BCUT2D eigenvalue weighted by atomic mass is 9.82. The summed E-state index contributed by atoms with van der Waals surface area (Å²) in [5, 5.41) is 0. The Balaban J connectivity index is 1.65. The molecule has 1 atom stereocenters. The minimum Gasteiger partial charge on any atom is -0.339 e. The van der Waals surface area contributed by atoms with E-state index in [0.717, 1.165) is 31.1 Å². The summed E-state index contributed by atoms with van der Waals surface area (Å²) in [6, 6.07) is 19.4. The molecule has 3 saturated heterocycles. The number of amides is 1. The van der Waals surface area contributed by atoms with Crippen LogP contribution in [-0.4, -0.2) is 54.5 Å². The molecule has 4 heteroatoms. The van der Waals surface area contributed by atoms with Gasteiger partial charge in [-0.05, 0) is 82.1 Å². The number of fused-ring (bicyclic) bond motifs is 3. The predicted octanol–water partition coefficient (Wildman–Crippen LogP) is 4.40. The maximum atomic E-state index is 12.7. The fourth-order valence-electron chi connectivity index (χ4n) is 4.80. The van der Waals surface area contributed by atoms with Crippen molar-refractivity contribution in [2.24, 2.45) is 5.92 Å². The maximum Gasteiger partial charge on any atom is 0.253 e. The van der Waals surface area contributed by atoms with Crippen LogP contribution in [0.1, 0.15) is 37.0 Å². The highest BCUT2D eigenvalue weighted by Crippen LogP contribution is 2.38. The minimum atomic E-state index is 0.116. The zero-order valence-electron chi connectivity index (χ0n) is 17.1. The topological polar surface area (TPSA) is 26.8 Å². The van der Waals surface area contributed by atoms with Crippen molar-refractivity contribution >= 4 is 17.3 Å². The molecular weight excluding hydrogens is 346 g/mol. The number of hydrogen-bond acceptors (Lipinski definition) is 3. The second-order valence-corrected chi connectivity index (χ2v) is 7.94. The van der Waals surface area contributed by atoms with E-state index in [0.29, 0.717) is 6.04 Å². The first-order valence-corrected chi connectivity index (χ1v) is 10.7. The molecule has 0 aliphatic carbocycles. The number of para-hydroxylation sites is 1. The molecule has 2 aromatic carbocycles. The molecule has 0 spiro atoms. The Morgan fingerprint density at radius 2 is 1.54 bits per heavy atom. The summed E-state index contributed by atoms with van der Waals surface area (Å²) in [7, 11) is 0. The molecule has 0 aromatic heterocycles. The minimum absolute atomic E-state index is 0.116.